The molecule has 0 bridgehead atoms. The van der Waals surface area contributed by atoms with E-state index in [0.29, 0.717) is 0 Å². The van der Waals surface area contributed by atoms with Gasteiger partial charge in [-0.25, -0.2) is 4.98 Å². The molecule has 1 aromatic heterocycles. The third-order valence-electron chi connectivity index (χ3n) is 1.26. The largest absolute Gasteiger partial charge is 0.516 e. The van der Waals surface area contributed by atoms with Crippen molar-refractivity contribution in [1.29, 1.82) is 0 Å². The van der Waals surface area contributed by atoms with Crippen LogP contribution in [-0.2, 0) is 10.0 Å². The zero-order valence-electron chi connectivity index (χ0n) is 6.92. The lowest BCUT2D eigenvalue weighted by Gasteiger charge is -2.09. The summed E-state index contributed by atoms with van der Waals surface area (Å²) in [7, 11) is -5.55. The maximum Gasteiger partial charge on any atom is 0.516 e. The molecule has 1 N–H and O–H groups in total. The molecule has 84 valence electrons. The molecule has 0 unspecified atom stereocenters. The van der Waals surface area contributed by atoms with Crippen molar-refractivity contribution < 1.29 is 26.0 Å². The Balaban J connectivity index is 2.98. The molecular weight excluding hydrogens is 240 g/mol. The molecule has 0 saturated heterocycles. The number of hydrogen-bond donors (Lipinski definition) is 1. The fraction of sp³-hybridized carbons (Fsp3) is 0.167. The maximum atomic E-state index is 12.4. The number of nitrogens with one attached hydrogen (secondary N) is 1. The Morgan fingerprint density at radius 1 is 1.27 bits per heavy atom. The van der Waals surface area contributed by atoms with E-state index >= 15 is 0 Å². The lowest BCUT2D eigenvalue weighted by Crippen LogP contribution is -2.30. The molecule has 1 aromatic rings. The van der Waals surface area contributed by atoms with Crippen LogP contribution in [0.25, 0.3) is 0 Å². The van der Waals surface area contributed by atoms with Gasteiger partial charge in [-0.05, 0) is 12.1 Å². The first-order valence-electron chi connectivity index (χ1n) is 3.44. The average Bonchev–Trinajstić information content (AvgIpc) is 2.00. The predicted molar refractivity (Wildman–Crippen MR) is 42.8 cm³/mol. The van der Waals surface area contributed by atoms with Crippen LogP contribution < -0.4 is 4.72 Å². The fourth-order valence-electron chi connectivity index (χ4n) is 0.661. The van der Waals surface area contributed by atoms with Crippen molar-refractivity contribution >= 4 is 15.8 Å². The van der Waals surface area contributed by atoms with Crippen LogP contribution in [0, 0.1) is 5.95 Å². The van der Waals surface area contributed by atoms with Crippen molar-refractivity contribution in [3.63, 3.8) is 0 Å². The highest BCUT2D eigenvalue weighted by atomic mass is 32.2. The molecule has 0 fully saturated rings. The van der Waals surface area contributed by atoms with Gasteiger partial charge in [-0.2, -0.15) is 26.0 Å². The molecule has 4 nitrogen and oxygen atoms in total. The fourth-order valence-corrected chi connectivity index (χ4v) is 1.17. The molecule has 0 aliphatic carbocycles. The number of alkyl halides is 3. The maximum absolute atomic E-state index is 12.4. The van der Waals surface area contributed by atoms with E-state index in [4.69, 9.17) is 0 Å². The molecule has 0 aliphatic rings. The quantitative estimate of drug-likeness (QED) is 0.633. The molecule has 0 saturated carbocycles. The Morgan fingerprint density at radius 3 is 2.33 bits per heavy atom. The van der Waals surface area contributed by atoms with Gasteiger partial charge in [0.05, 0.1) is 0 Å². The van der Waals surface area contributed by atoms with E-state index in [1.54, 1.807) is 0 Å². The zero-order valence-corrected chi connectivity index (χ0v) is 7.73. The summed E-state index contributed by atoms with van der Waals surface area (Å²) in [6.45, 7) is 0. The highest BCUT2D eigenvalue weighted by Gasteiger charge is 2.46. The van der Waals surface area contributed by atoms with Crippen molar-refractivity contribution in [2.75, 3.05) is 4.72 Å². The summed E-state index contributed by atoms with van der Waals surface area (Å²) < 4.78 is 70.1. The summed E-state index contributed by atoms with van der Waals surface area (Å²) in [6, 6.07) is 2.79. The van der Waals surface area contributed by atoms with Crippen molar-refractivity contribution in [2.45, 2.75) is 5.51 Å². The third kappa shape index (κ3) is 2.78. The molecule has 0 atom stereocenters. The summed E-state index contributed by atoms with van der Waals surface area (Å²) in [4.78, 5) is 2.91. The van der Waals surface area contributed by atoms with Gasteiger partial charge in [0.1, 0.15) is 5.82 Å². The topological polar surface area (TPSA) is 59.1 Å². The SMILES string of the molecule is O=S(=O)(Nc1cccc(F)n1)C(F)(F)F. The van der Waals surface area contributed by atoms with E-state index in [2.05, 4.69) is 4.98 Å². The Labute approximate surface area is 82.0 Å². The predicted octanol–water partition coefficient (Wildman–Crippen LogP) is 1.48. The number of anilines is 1. The highest BCUT2D eigenvalue weighted by molar-refractivity contribution is 7.93. The van der Waals surface area contributed by atoms with Crippen LogP contribution in [0.5, 0.6) is 0 Å². The van der Waals surface area contributed by atoms with Gasteiger partial charge < -0.3 is 0 Å². The Bertz CT molecular complexity index is 456. The van der Waals surface area contributed by atoms with Crippen LogP contribution in [0.3, 0.4) is 0 Å². The monoisotopic (exact) mass is 244 g/mol. The van der Waals surface area contributed by atoms with E-state index in [0.717, 1.165) is 22.9 Å². The summed E-state index contributed by atoms with van der Waals surface area (Å²) in [5.74, 6) is -1.82. The third-order valence-corrected chi connectivity index (χ3v) is 2.35. The number of sulfonamides is 1. The number of aromatic nitrogens is 1. The minimum absolute atomic E-state index is 0.729. The molecular formula is C6H4F4N2O2S. The minimum atomic E-state index is -5.55. The van der Waals surface area contributed by atoms with E-state index in [1.165, 1.54) is 0 Å². The molecule has 15 heavy (non-hydrogen) atoms. The van der Waals surface area contributed by atoms with Crippen molar-refractivity contribution in [1.82, 2.24) is 4.98 Å². The van der Waals surface area contributed by atoms with Crippen molar-refractivity contribution in [3.05, 3.63) is 24.1 Å². The molecule has 9 heteroatoms. The van der Waals surface area contributed by atoms with Crippen LogP contribution >= 0.6 is 0 Å². The van der Waals surface area contributed by atoms with Crippen LogP contribution in [-0.4, -0.2) is 18.9 Å². The molecule has 0 aromatic carbocycles. The van der Waals surface area contributed by atoms with Gasteiger partial charge in [0.25, 0.3) is 0 Å². The lowest BCUT2D eigenvalue weighted by molar-refractivity contribution is -0.0429. The molecule has 1 rings (SSSR count). The summed E-state index contributed by atoms with van der Waals surface area (Å²) in [5.41, 5.74) is -5.46. The number of rotatable bonds is 2. The standard InChI is InChI=1S/C6H4F4N2O2S/c7-4-2-1-3-5(11-4)12-15(13,14)6(8,9)10/h1-3H,(H,11,12). The van der Waals surface area contributed by atoms with Gasteiger partial charge in [-0.1, -0.05) is 6.07 Å². The molecule has 0 aliphatic heterocycles. The first kappa shape index (κ1) is 11.7. The van der Waals surface area contributed by atoms with E-state index in [-0.39, 0.29) is 0 Å². The normalized spacial score (nSPS) is 12.5. The van der Waals surface area contributed by atoms with Gasteiger partial charge in [0.2, 0.25) is 5.95 Å². The van der Waals surface area contributed by atoms with E-state index in [1.807, 2.05) is 0 Å². The van der Waals surface area contributed by atoms with Crippen LogP contribution in [0.15, 0.2) is 18.2 Å². The second kappa shape index (κ2) is 3.65. The average molecular weight is 244 g/mol. The van der Waals surface area contributed by atoms with Gasteiger partial charge >= 0.3 is 15.5 Å². The Kier molecular flexibility index (Phi) is 2.84. The Morgan fingerprint density at radius 2 is 1.87 bits per heavy atom. The smallest absolute Gasteiger partial charge is 0.260 e. The van der Waals surface area contributed by atoms with E-state index in [9.17, 15) is 26.0 Å². The summed E-state index contributed by atoms with van der Waals surface area (Å²) >= 11 is 0. The number of hydrogen-bond acceptors (Lipinski definition) is 3. The first-order chi connectivity index (χ1) is 6.72. The van der Waals surface area contributed by atoms with Crippen LogP contribution in [0.1, 0.15) is 0 Å². The second-order valence-corrected chi connectivity index (χ2v) is 4.07. The number of halogens is 4. The van der Waals surface area contributed by atoms with Gasteiger partial charge in [0, 0.05) is 0 Å². The number of nitrogens with zero attached hydrogens (tertiary/aromatic N) is 1. The lowest BCUT2D eigenvalue weighted by atomic mass is 10.5. The molecule has 0 radical (unpaired) electrons. The first-order valence-corrected chi connectivity index (χ1v) is 4.92. The zero-order chi connectivity index (χ0) is 11.7. The second-order valence-electron chi connectivity index (χ2n) is 2.40. The molecule has 0 amide bonds. The highest BCUT2D eigenvalue weighted by Crippen LogP contribution is 2.24. The minimum Gasteiger partial charge on any atom is -0.260 e. The van der Waals surface area contributed by atoms with Crippen molar-refractivity contribution in [2.24, 2.45) is 0 Å². The Hall–Kier alpha value is -1.38. The van der Waals surface area contributed by atoms with Crippen LogP contribution in [0.4, 0.5) is 23.4 Å². The van der Waals surface area contributed by atoms with Crippen molar-refractivity contribution in [3.8, 4) is 0 Å². The molecule has 0 spiro atoms. The number of pyridine rings is 1. The summed E-state index contributed by atoms with van der Waals surface area (Å²) in [6.07, 6.45) is 0. The summed E-state index contributed by atoms with van der Waals surface area (Å²) in [5, 5.41) is 0. The van der Waals surface area contributed by atoms with Crippen LogP contribution in [0.2, 0.25) is 0 Å². The van der Waals surface area contributed by atoms with Gasteiger partial charge in [0.15, 0.2) is 0 Å². The molecule has 1 heterocycles. The van der Waals surface area contributed by atoms with Gasteiger partial charge in [-0.3, -0.25) is 4.72 Å². The van der Waals surface area contributed by atoms with Gasteiger partial charge in [-0.15, -0.1) is 0 Å². The van der Waals surface area contributed by atoms with E-state index < -0.39 is 27.3 Å².